The number of benzene rings is 1. The Balaban J connectivity index is 1.83. The van der Waals surface area contributed by atoms with Crippen LogP contribution in [0.25, 0.3) is 0 Å². The zero-order valence-corrected chi connectivity index (χ0v) is 18.3. The molecule has 1 heterocycles. The van der Waals surface area contributed by atoms with Gasteiger partial charge in [0.05, 0.1) is 18.2 Å². The van der Waals surface area contributed by atoms with Crippen LogP contribution < -0.4 is 10.6 Å². The molecule has 0 aromatic heterocycles. The third kappa shape index (κ3) is 6.85. The first-order valence-corrected chi connectivity index (χ1v) is 10.2. The molecule has 164 valence electrons. The summed E-state index contributed by atoms with van der Waals surface area (Å²) in [6, 6.07) is 7.45. The third-order valence-electron chi connectivity index (χ3n) is 4.90. The number of hydrogen-bond acceptors (Lipinski definition) is 6. The molecule has 0 radical (unpaired) electrons. The molecule has 30 heavy (non-hydrogen) atoms. The normalized spacial score (nSPS) is 17.2. The van der Waals surface area contributed by atoms with Gasteiger partial charge in [-0.25, -0.2) is 0 Å². The van der Waals surface area contributed by atoms with Crippen LogP contribution >= 0.6 is 0 Å². The van der Waals surface area contributed by atoms with Gasteiger partial charge in [-0.1, -0.05) is 51.9 Å². The predicted octanol–water partition coefficient (Wildman–Crippen LogP) is 1.40. The maximum atomic E-state index is 12.4. The Morgan fingerprint density at radius 1 is 1.23 bits per heavy atom. The van der Waals surface area contributed by atoms with Gasteiger partial charge in [0.15, 0.2) is 0 Å². The SMILES string of the molecule is CC(C)CC(NC(=O)C1CC(CNC(=O)c2ccc(C(C)(C)C)cc2)=NO1)B(O)O. The van der Waals surface area contributed by atoms with Gasteiger partial charge in [0.1, 0.15) is 0 Å². The van der Waals surface area contributed by atoms with Gasteiger partial charge >= 0.3 is 7.12 Å². The van der Waals surface area contributed by atoms with Crippen LogP contribution in [-0.2, 0) is 15.0 Å². The molecule has 2 atom stereocenters. The van der Waals surface area contributed by atoms with Crippen LogP contribution in [0.15, 0.2) is 29.4 Å². The van der Waals surface area contributed by atoms with Gasteiger partial charge in [0.25, 0.3) is 11.8 Å². The van der Waals surface area contributed by atoms with E-state index in [1.807, 2.05) is 26.0 Å². The van der Waals surface area contributed by atoms with Crippen LogP contribution in [0.4, 0.5) is 0 Å². The molecule has 1 aliphatic rings. The lowest BCUT2D eigenvalue weighted by atomic mass is 9.75. The van der Waals surface area contributed by atoms with Crippen LogP contribution in [0.2, 0.25) is 0 Å². The van der Waals surface area contributed by atoms with E-state index in [2.05, 4.69) is 36.6 Å². The minimum Gasteiger partial charge on any atom is -0.426 e. The van der Waals surface area contributed by atoms with Gasteiger partial charge in [-0.05, 0) is 35.4 Å². The molecule has 1 aromatic rings. The summed E-state index contributed by atoms with van der Waals surface area (Å²) in [4.78, 5) is 29.9. The summed E-state index contributed by atoms with van der Waals surface area (Å²) < 4.78 is 0. The first-order chi connectivity index (χ1) is 14.0. The van der Waals surface area contributed by atoms with Crippen molar-refractivity contribution in [2.45, 2.75) is 64.9 Å². The number of oxime groups is 1. The Morgan fingerprint density at radius 2 is 1.87 bits per heavy atom. The number of hydrogen-bond donors (Lipinski definition) is 4. The molecule has 1 aliphatic heterocycles. The first kappa shape index (κ1) is 23.9. The van der Waals surface area contributed by atoms with Crippen molar-refractivity contribution in [3.63, 3.8) is 0 Å². The summed E-state index contributed by atoms with van der Waals surface area (Å²) >= 11 is 0. The Morgan fingerprint density at radius 3 is 2.40 bits per heavy atom. The van der Waals surface area contributed by atoms with Crippen molar-refractivity contribution in [2.75, 3.05) is 6.54 Å². The van der Waals surface area contributed by atoms with Gasteiger partial charge in [0, 0.05) is 12.0 Å². The van der Waals surface area contributed by atoms with Crippen molar-refractivity contribution in [1.82, 2.24) is 10.6 Å². The lowest BCUT2D eigenvalue weighted by Gasteiger charge is -2.20. The van der Waals surface area contributed by atoms with E-state index in [0.717, 1.165) is 5.56 Å². The fourth-order valence-corrected chi connectivity index (χ4v) is 3.12. The summed E-state index contributed by atoms with van der Waals surface area (Å²) in [6.45, 7) is 10.3. The summed E-state index contributed by atoms with van der Waals surface area (Å²) in [7, 11) is -1.65. The smallest absolute Gasteiger partial charge is 0.426 e. The average molecular weight is 417 g/mol. The van der Waals surface area contributed by atoms with Crippen LogP contribution in [-0.4, -0.2) is 53.3 Å². The fraction of sp³-hybridized carbons (Fsp3) is 0.571. The monoisotopic (exact) mass is 417 g/mol. The predicted molar refractivity (Wildman–Crippen MR) is 116 cm³/mol. The molecule has 9 heteroatoms. The second-order valence-corrected chi connectivity index (χ2v) is 9.12. The summed E-state index contributed by atoms with van der Waals surface area (Å²) in [6.07, 6.45) is -0.199. The Hall–Kier alpha value is -2.39. The molecular weight excluding hydrogens is 385 g/mol. The van der Waals surface area contributed by atoms with Crippen LogP contribution in [0.5, 0.6) is 0 Å². The average Bonchev–Trinajstić information content (AvgIpc) is 3.13. The highest BCUT2D eigenvalue weighted by Gasteiger charge is 2.33. The number of rotatable bonds is 8. The first-order valence-electron chi connectivity index (χ1n) is 10.2. The highest BCUT2D eigenvalue weighted by atomic mass is 16.6. The van der Waals surface area contributed by atoms with Gasteiger partial charge in [0.2, 0.25) is 6.10 Å². The van der Waals surface area contributed by atoms with Crippen molar-refractivity contribution in [3.05, 3.63) is 35.4 Å². The third-order valence-corrected chi connectivity index (χ3v) is 4.90. The zero-order chi connectivity index (χ0) is 22.5. The summed E-state index contributed by atoms with van der Waals surface area (Å²) in [5, 5.41) is 28.1. The van der Waals surface area contributed by atoms with Crippen molar-refractivity contribution >= 4 is 24.6 Å². The minimum absolute atomic E-state index is 0.0146. The number of amides is 2. The molecule has 1 aromatic carbocycles. The quantitative estimate of drug-likeness (QED) is 0.477. The van der Waals surface area contributed by atoms with Crippen LogP contribution in [0.1, 0.15) is 63.4 Å². The number of nitrogens with zero attached hydrogens (tertiary/aromatic N) is 1. The molecule has 0 spiro atoms. The van der Waals surface area contributed by atoms with E-state index >= 15 is 0 Å². The highest BCUT2D eigenvalue weighted by Crippen LogP contribution is 2.22. The largest absolute Gasteiger partial charge is 0.475 e. The molecule has 8 nitrogen and oxygen atoms in total. The second kappa shape index (κ2) is 10.1. The van der Waals surface area contributed by atoms with E-state index in [0.29, 0.717) is 17.7 Å². The maximum Gasteiger partial charge on any atom is 0.475 e. The molecule has 2 rings (SSSR count). The Bertz CT molecular complexity index is 772. The van der Waals surface area contributed by atoms with E-state index in [4.69, 9.17) is 4.84 Å². The molecule has 2 unspecified atom stereocenters. The van der Waals surface area contributed by atoms with Gasteiger partial charge in [-0.15, -0.1) is 0 Å². The van der Waals surface area contributed by atoms with Crippen molar-refractivity contribution < 1.29 is 24.5 Å². The number of carbonyl (C=O) groups is 2. The lowest BCUT2D eigenvalue weighted by molar-refractivity contribution is -0.131. The van der Waals surface area contributed by atoms with E-state index in [1.54, 1.807) is 12.1 Å². The summed E-state index contributed by atoms with van der Waals surface area (Å²) in [5.41, 5.74) is 2.25. The highest BCUT2D eigenvalue weighted by molar-refractivity contribution is 6.43. The lowest BCUT2D eigenvalue weighted by Crippen LogP contribution is -2.50. The molecular formula is C21H32BN3O5. The second-order valence-electron chi connectivity index (χ2n) is 9.12. The molecule has 0 saturated carbocycles. The molecule has 2 amide bonds. The van der Waals surface area contributed by atoms with Crippen molar-refractivity contribution in [3.8, 4) is 0 Å². The topological polar surface area (TPSA) is 120 Å². The van der Waals surface area contributed by atoms with E-state index in [9.17, 15) is 19.6 Å². The van der Waals surface area contributed by atoms with E-state index in [1.165, 1.54) is 0 Å². The van der Waals surface area contributed by atoms with Gasteiger partial charge in [-0.3, -0.25) is 9.59 Å². The van der Waals surface area contributed by atoms with E-state index in [-0.39, 0.29) is 30.2 Å². The summed E-state index contributed by atoms with van der Waals surface area (Å²) in [5.74, 6) is -1.29. The molecule has 0 saturated heterocycles. The maximum absolute atomic E-state index is 12.4. The van der Waals surface area contributed by atoms with Crippen LogP contribution in [0, 0.1) is 5.92 Å². The minimum atomic E-state index is -1.65. The standard InChI is InChI=1S/C21H32BN3O5/c1-13(2)10-18(22(28)29)24-20(27)17-11-16(25-30-17)12-23-19(26)14-6-8-15(9-7-14)21(3,4)5/h6-9,13,17-18,28-29H,10-12H2,1-5H3,(H,23,26)(H,24,27). The molecule has 0 aliphatic carbocycles. The zero-order valence-electron chi connectivity index (χ0n) is 18.3. The fourth-order valence-electron chi connectivity index (χ4n) is 3.12. The number of nitrogens with one attached hydrogen (secondary N) is 2. The van der Waals surface area contributed by atoms with Gasteiger partial charge in [-0.2, -0.15) is 0 Å². The molecule has 0 bridgehead atoms. The Kier molecular flexibility index (Phi) is 8.03. The number of carbonyl (C=O) groups excluding carboxylic acids is 2. The van der Waals surface area contributed by atoms with Crippen molar-refractivity contribution in [2.24, 2.45) is 11.1 Å². The van der Waals surface area contributed by atoms with Gasteiger partial charge < -0.3 is 25.5 Å². The van der Waals surface area contributed by atoms with Crippen LogP contribution in [0.3, 0.4) is 0 Å². The molecule has 0 fully saturated rings. The van der Waals surface area contributed by atoms with Crippen molar-refractivity contribution in [1.29, 1.82) is 0 Å². The van der Waals surface area contributed by atoms with E-state index < -0.39 is 25.1 Å². The molecule has 4 N–H and O–H groups in total. The Labute approximate surface area is 178 Å².